The molecule has 0 aliphatic carbocycles. The zero-order chi connectivity index (χ0) is 28.0. The largest absolute Gasteiger partial charge is 0.508 e. The molecule has 38 heavy (non-hydrogen) atoms. The highest BCUT2D eigenvalue weighted by atomic mass is 35.5. The maximum absolute atomic E-state index is 10.7. The van der Waals surface area contributed by atoms with Crippen LogP contribution in [-0.4, -0.2) is 36.2 Å². The molecule has 3 N–H and O–H groups in total. The number of phenolic OH excluding ortho intramolecular Hbond substituents is 2. The number of nitrogens with zero attached hydrogens (tertiary/aromatic N) is 3. The first kappa shape index (κ1) is 30.1. The van der Waals surface area contributed by atoms with Gasteiger partial charge in [0.05, 0.1) is 12.1 Å². The van der Waals surface area contributed by atoms with Gasteiger partial charge in [0.2, 0.25) is 0 Å². The topological polar surface area (TPSA) is 91.4 Å². The molecule has 4 aromatic rings. The Morgan fingerprint density at radius 1 is 0.789 bits per heavy atom. The van der Waals surface area contributed by atoms with Crippen LogP contribution in [0.5, 0.6) is 11.5 Å². The van der Waals surface area contributed by atoms with Gasteiger partial charge in [0, 0.05) is 26.5 Å². The minimum Gasteiger partial charge on any atom is -0.508 e. The van der Waals surface area contributed by atoms with Crippen LogP contribution in [0.1, 0.15) is 43.5 Å². The zero-order valence-electron chi connectivity index (χ0n) is 21.1. The third kappa shape index (κ3) is 8.26. The Morgan fingerprint density at radius 2 is 1.32 bits per heavy atom. The van der Waals surface area contributed by atoms with Crippen molar-refractivity contribution in [3.8, 4) is 11.5 Å². The molecule has 6 nitrogen and oxygen atoms in total. The number of halogens is 4. The second kappa shape index (κ2) is 13.0. The molecule has 0 amide bonds. The molecule has 0 radical (unpaired) electrons. The molecule has 1 aromatic heterocycles. The number of benzene rings is 3. The van der Waals surface area contributed by atoms with E-state index in [0.29, 0.717) is 44.1 Å². The van der Waals surface area contributed by atoms with E-state index in [1.165, 1.54) is 18.5 Å². The predicted octanol–water partition coefficient (Wildman–Crippen LogP) is 7.77. The van der Waals surface area contributed by atoms with Crippen molar-refractivity contribution in [2.45, 2.75) is 45.8 Å². The molecular formula is C28H29Cl4N3O3. The zero-order valence-corrected chi connectivity index (χ0v) is 24.1. The van der Waals surface area contributed by atoms with Crippen molar-refractivity contribution in [3.05, 3.63) is 104 Å². The number of hydrogen-bond donors (Lipinski definition) is 3. The van der Waals surface area contributed by atoms with Crippen LogP contribution in [0.2, 0.25) is 20.1 Å². The molecule has 10 heteroatoms. The summed E-state index contributed by atoms with van der Waals surface area (Å²) in [4.78, 5) is 3.97. The van der Waals surface area contributed by atoms with Crippen LogP contribution in [-0.2, 0) is 12.8 Å². The average Bonchev–Trinajstić information content (AvgIpc) is 3.37. The van der Waals surface area contributed by atoms with Crippen molar-refractivity contribution in [2.24, 2.45) is 5.41 Å². The van der Waals surface area contributed by atoms with Gasteiger partial charge < -0.3 is 15.3 Å². The van der Waals surface area contributed by atoms with Crippen molar-refractivity contribution < 1.29 is 15.3 Å². The third-order valence-corrected chi connectivity index (χ3v) is 6.99. The SMILES string of the molecule is CC(C)(C)C(O)C(Cc1ccc(Cl)cc1Cl)n1cncn1.Oc1ccc(Cl)cc1Cc1cc(Cl)ccc1O. The summed E-state index contributed by atoms with van der Waals surface area (Å²) in [6.07, 6.45) is 3.41. The number of aromatic hydroxyl groups is 2. The quantitative estimate of drug-likeness (QED) is 0.211. The number of phenols is 2. The highest BCUT2D eigenvalue weighted by Crippen LogP contribution is 2.33. The Balaban J connectivity index is 0.000000215. The standard InChI is InChI=1S/C15H19Cl2N3O.C13H10Cl2O2/c1-15(2,3)14(21)13(20-9-18-8-19-20)6-10-4-5-11(16)7-12(10)17;14-10-1-3-12(16)8(6-10)5-9-7-11(15)2-4-13(9)17/h4-5,7-9,13-14,21H,6H2,1-3H3;1-4,6-7,16-17H,5H2. The predicted molar refractivity (Wildman–Crippen MR) is 154 cm³/mol. The first-order valence-corrected chi connectivity index (χ1v) is 13.3. The van der Waals surface area contributed by atoms with Crippen LogP contribution in [0, 0.1) is 5.41 Å². The summed E-state index contributed by atoms with van der Waals surface area (Å²) in [5.41, 5.74) is 1.94. The van der Waals surface area contributed by atoms with E-state index in [2.05, 4.69) is 10.1 Å². The molecule has 3 aromatic carbocycles. The number of aromatic nitrogens is 3. The summed E-state index contributed by atoms with van der Waals surface area (Å²) in [5, 5.41) is 36.5. The highest BCUT2D eigenvalue weighted by Gasteiger charge is 2.32. The minimum absolute atomic E-state index is 0.147. The maximum Gasteiger partial charge on any atom is 0.137 e. The number of aliphatic hydroxyl groups excluding tert-OH is 1. The van der Waals surface area contributed by atoms with Gasteiger partial charge >= 0.3 is 0 Å². The molecule has 0 aliphatic heterocycles. The van der Waals surface area contributed by atoms with Crippen LogP contribution in [0.3, 0.4) is 0 Å². The number of hydrogen-bond acceptors (Lipinski definition) is 5. The van der Waals surface area contributed by atoms with Gasteiger partial charge in [-0.15, -0.1) is 0 Å². The van der Waals surface area contributed by atoms with E-state index in [1.807, 2.05) is 26.8 Å². The van der Waals surface area contributed by atoms with Gasteiger partial charge in [-0.3, -0.25) is 0 Å². The normalized spacial score (nSPS) is 12.9. The lowest BCUT2D eigenvalue weighted by Gasteiger charge is -2.33. The van der Waals surface area contributed by atoms with E-state index in [1.54, 1.807) is 47.4 Å². The first-order valence-electron chi connectivity index (χ1n) is 11.8. The Bertz CT molecular complexity index is 1310. The number of aliphatic hydroxyl groups is 1. The fourth-order valence-corrected chi connectivity index (χ4v) is 4.70. The van der Waals surface area contributed by atoms with E-state index in [9.17, 15) is 15.3 Å². The van der Waals surface area contributed by atoms with Gasteiger partial charge in [-0.05, 0) is 77.1 Å². The molecule has 0 spiro atoms. The van der Waals surface area contributed by atoms with Crippen molar-refractivity contribution in [1.82, 2.24) is 14.8 Å². The molecule has 0 aliphatic rings. The van der Waals surface area contributed by atoms with Crippen molar-refractivity contribution in [2.75, 3.05) is 0 Å². The Hall–Kier alpha value is -2.48. The van der Waals surface area contributed by atoms with Crippen molar-refractivity contribution in [1.29, 1.82) is 0 Å². The summed E-state index contributed by atoms with van der Waals surface area (Å²) < 4.78 is 1.68. The van der Waals surface area contributed by atoms with Gasteiger partial charge in [0.1, 0.15) is 24.2 Å². The molecule has 2 atom stereocenters. The molecule has 0 saturated carbocycles. The molecule has 0 fully saturated rings. The molecule has 1 heterocycles. The molecule has 0 saturated heterocycles. The lowest BCUT2D eigenvalue weighted by atomic mass is 9.82. The molecule has 0 bridgehead atoms. The fraction of sp³-hybridized carbons (Fsp3) is 0.286. The minimum atomic E-state index is -0.592. The molecular weight excluding hydrogens is 568 g/mol. The Kier molecular flexibility index (Phi) is 10.3. The molecule has 2 unspecified atom stereocenters. The second-order valence-electron chi connectivity index (χ2n) is 9.92. The van der Waals surface area contributed by atoms with E-state index >= 15 is 0 Å². The third-order valence-electron chi connectivity index (χ3n) is 5.94. The summed E-state index contributed by atoms with van der Waals surface area (Å²) in [6, 6.07) is 14.7. The van der Waals surface area contributed by atoms with Crippen LogP contribution >= 0.6 is 46.4 Å². The van der Waals surface area contributed by atoms with Crippen molar-refractivity contribution >= 4 is 46.4 Å². The summed E-state index contributed by atoms with van der Waals surface area (Å²) in [5.74, 6) is 0.294. The fourth-order valence-electron chi connectivity index (χ4n) is 3.82. The second-order valence-corrected chi connectivity index (χ2v) is 11.6. The molecule has 4 rings (SSSR count). The lowest BCUT2D eigenvalue weighted by Crippen LogP contribution is -2.37. The first-order chi connectivity index (χ1) is 17.8. The smallest absolute Gasteiger partial charge is 0.137 e. The van der Waals surface area contributed by atoms with Gasteiger partial charge in [-0.25, -0.2) is 9.67 Å². The summed E-state index contributed by atoms with van der Waals surface area (Å²) in [6.45, 7) is 5.97. The van der Waals surface area contributed by atoms with E-state index in [4.69, 9.17) is 46.4 Å². The van der Waals surface area contributed by atoms with Crippen LogP contribution in [0.4, 0.5) is 0 Å². The van der Waals surface area contributed by atoms with Crippen molar-refractivity contribution in [3.63, 3.8) is 0 Å². The molecule has 202 valence electrons. The monoisotopic (exact) mass is 595 g/mol. The maximum atomic E-state index is 10.7. The summed E-state index contributed by atoms with van der Waals surface area (Å²) >= 11 is 23.9. The van der Waals surface area contributed by atoms with Gasteiger partial charge in [-0.1, -0.05) is 73.2 Å². The van der Waals surface area contributed by atoms with E-state index in [-0.39, 0.29) is 23.0 Å². The summed E-state index contributed by atoms with van der Waals surface area (Å²) in [7, 11) is 0. The van der Waals surface area contributed by atoms with Gasteiger partial charge in [-0.2, -0.15) is 5.10 Å². The Labute approximate surface area is 242 Å². The van der Waals surface area contributed by atoms with Crippen LogP contribution in [0.25, 0.3) is 0 Å². The van der Waals surface area contributed by atoms with Gasteiger partial charge in [0.15, 0.2) is 0 Å². The lowest BCUT2D eigenvalue weighted by molar-refractivity contribution is 0.0124. The van der Waals surface area contributed by atoms with Crippen LogP contribution < -0.4 is 0 Å². The Morgan fingerprint density at radius 3 is 1.79 bits per heavy atom. The average molecular weight is 597 g/mol. The highest BCUT2D eigenvalue weighted by molar-refractivity contribution is 6.35. The van der Waals surface area contributed by atoms with E-state index in [0.717, 1.165) is 5.56 Å². The van der Waals surface area contributed by atoms with Gasteiger partial charge in [0.25, 0.3) is 0 Å². The van der Waals surface area contributed by atoms with E-state index < -0.39 is 6.10 Å². The number of rotatable bonds is 6. The van der Waals surface area contributed by atoms with Crippen LogP contribution in [0.15, 0.2) is 67.3 Å².